The van der Waals surface area contributed by atoms with Crippen LogP contribution in [0.2, 0.25) is 5.02 Å². The molecule has 0 bridgehead atoms. The number of halogens is 2. The summed E-state index contributed by atoms with van der Waals surface area (Å²) in [5.41, 5.74) is 6.95. The lowest BCUT2D eigenvalue weighted by Gasteiger charge is -1.97. The molecule has 3 aromatic rings. The third-order valence-corrected chi connectivity index (χ3v) is 4.23. The standard InChI is InChI=1S/C11H6BrClN4OS/c12-6-3-5(1-2-7(6)13)9-16-10(18-17-9)8-4-19-11(14)15-8/h1-4H,(H2,14,15). The summed E-state index contributed by atoms with van der Waals surface area (Å²) < 4.78 is 5.94. The minimum atomic E-state index is 0.342. The van der Waals surface area contributed by atoms with Crippen molar-refractivity contribution in [2.24, 2.45) is 0 Å². The molecule has 0 saturated carbocycles. The van der Waals surface area contributed by atoms with Crippen LogP contribution in [0.1, 0.15) is 0 Å². The lowest BCUT2D eigenvalue weighted by atomic mass is 10.2. The Morgan fingerprint density at radius 2 is 2.16 bits per heavy atom. The van der Waals surface area contributed by atoms with Crippen LogP contribution in [0.5, 0.6) is 0 Å². The van der Waals surface area contributed by atoms with Crippen molar-refractivity contribution in [1.29, 1.82) is 0 Å². The second-order valence-corrected chi connectivity index (χ2v) is 5.77. The van der Waals surface area contributed by atoms with E-state index in [-0.39, 0.29) is 0 Å². The van der Waals surface area contributed by atoms with Crippen molar-refractivity contribution in [3.8, 4) is 23.0 Å². The van der Waals surface area contributed by atoms with Crippen LogP contribution in [-0.2, 0) is 0 Å². The Morgan fingerprint density at radius 3 is 2.84 bits per heavy atom. The van der Waals surface area contributed by atoms with Crippen LogP contribution in [0, 0.1) is 0 Å². The first kappa shape index (κ1) is 12.6. The molecule has 8 heteroatoms. The molecule has 2 heterocycles. The van der Waals surface area contributed by atoms with Gasteiger partial charge in [-0.25, -0.2) is 4.98 Å². The van der Waals surface area contributed by atoms with Crippen molar-refractivity contribution >= 4 is 44.0 Å². The molecule has 0 spiro atoms. The first-order valence-corrected chi connectivity index (χ1v) is 7.19. The van der Waals surface area contributed by atoms with Crippen molar-refractivity contribution in [1.82, 2.24) is 15.1 Å². The fourth-order valence-electron chi connectivity index (χ4n) is 1.47. The number of nitrogen functional groups attached to an aromatic ring is 1. The Bertz CT molecular complexity index is 742. The molecule has 5 nitrogen and oxygen atoms in total. The van der Waals surface area contributed by atoms with Crippen LogP contribution >= 0.6 is 38.9 Å². The lowest BCUT2D eigenvalue weighted by molar-refractivity contribution is 0.431. The minimum absolute atomic E-state index is 0.342. The van der Waals surface area contributed by atoms with E-state index in [1.54, 1.807) is 11.4 Å². The maximum Gasteiger partial charge on any atom is 0.277 e. The van der Waals surface area contributed by atoms with E-state index in [0.717, 1.165) is 10.0 Å². The monoisotopic (exact) mass is 356 g/mol. The van der Waals surface area contributed by atoms with E-state index in [0.29, 0.717) is 27.6 Å². The van der Waals surface area contributed by atoms with Gasteiger partial charge in [0.2, 0.25) is 5.82 Å². The van der Waals surface area contributed by atoms with Crippen molar-refractivity contribution < 1.29 is 4.52 Å². The summed E-state index contributed by atoms with van der Waals surface area (Å²) in [5, 5.41) is 6.77. The predicted octanol–water partition coefficient (Wildman–Crippen LogP) is 3.86. The fourth-order valence-corrected chi connectivity index (χ4v) is 2.50. The largest absolute Gasteiger partial charge is 0.375 e. The summed E-state index contributed by atoms with van der Waals surface area (Å²) in [5.74, 6) is 0.813. The molecule has 96 valence electrons. The minimum Gasteiger partial charge on any atom is -0.375 e. The van der Waals surface area contributed by atoms with Gasteiger partial charge in [-0.15, -0.1) is 11.3 Å². The summed E-state index contributed by atoms with van der Waals surface area (Å²) in [6.45, 7) is 0. The highest BCUT2D eigenvalue weighted by Crippen LogP contribution is 2.29. The average molecular weight is 358 g/mol. The van der Waals surface area contributed by atoms with Crippen LogP contribution in [0.15, 0.2) is 32.6 Å². The first-order chi connectivity index (χ1) is 9.13. The maximum atomic E-state index is 5.94. The highest BCUT2D eigenvalue weighted by atomic mass is 79.9. The molecule has 2 aromatic heterocycles. The Kier molecular flexibility index (Phi) is 3.26. The van der Waals surface area contributed by atoms with E-state index in [1.165, 1.54) is 11.3 Å². The van der Waals surface area contributed by atoms with Crippen molar-refractivity contribution in [3.63, 3.8) is 0 Å². The zero-order chi connectivity index (χ0) is 13.4. The fraction of sp³-hybridized carbons (Fsp3) is 0. The predicted molar refractivity (Wildman–Crippen MR) is 78.0 cm³/mol. The van der Waals surface area contributed by atoms with Gasteiger partial charge in [0.15, 0.2) is 5.13 Å². The molecule has 19 heavy (non-hydrogen) atoms. The van der Waals surface area contributed by atoms with Crippen molar-refractivity contribution in [2.45, 2.75) is 0 Å². The summed E-state index contributed by atoms with van der Waals surface area (Å²) in [6, 6.07) is 5.40. The average Bonchev–Trinajstić information content (AvgIpc) is 3.01. The van der Waals surface area contributed by atoms with Gasteiger partial charge < -0.3 is 10.3 Å². The van der Waals surface area contributed by atoms with Crippen LogP contribution in [0.3, 0.4) is 0 Å². The maximum absolute atomic E-state index is 5.94. The highest BCUT2D eigenvalue weighted by Gasteiger charge is 2.13. The van der Waals surface area contributed by atoms with Crippen molar-refractivity contribution in [2.75, 3.05) is 5.73 Å². The van der Waals surface area contributed by atoms with Crippen LogP contribution in [-0.4, -0.2) is 15.1 Å². The van der Waals surface area contributed by atoms with Crippen molar-refractivity contribution in [3.05, 3.63) is 33.1 Å². The molecule has 0 unspecified atom stereocenters. The normalized spacial score (nSPS) is 10.8. The molecular formula is C11H6BrClN4OS. The van der Waals surface area contributed by atoms with Crippen LogP contribution < -0.4 is 5.73 Å². The SMILES string of the molecule is Nc1nc(-c2nc(-c3ccc(Cl)c(Br)c3)no2)cs1. The Morgan fingerprint density at radius 1 is 1.32 bits per heavy atom. The van der Waals surface area contributed by atoms with E-state index >= 15 is 0 Å². The molecular weight excluding hydrogens is 352 g/mol. The summed E-state index contributed by atoms with van der Waals surface area (Å²) in [7, 11) is 0. The number of thiazole rings is 1. The molecule has 0 radical (unpaired) electrons. The van der Waals surface area contributed by atoms with E-state index in [2.05, 4.69) is 31.1 Å². The van der Waals surface area contributed by atoms with Gasteiger partial charge in [-0.2, -0.15) is 4.98 Å². The molecule has 0 fully saturated rings. The second kappa shape index (κ2) is 4.92. The van der Waals surface area contributed by atoms with Gasteiger partial charge in [-0.05, 0) is 34.1 Å². The summed E-state index contributed by atoms with van der Waals surface area (Å²) in [6.07, 6.45) is 0. The van der Waals surface area contributed by atoms with Gasteiger partial charge in [0, 0.05) is 15.4 Å². The Hall–Kier alpha value is -1.44. The lowest BCUT2D eigenvalue weighted by Crippen LogP contribution is -1.84. The topological polar surface area (TPSA) is 77.8 Å². The number of rotatable bonds is 2. The molecule has 0 aliphatic rings. The Labute approximate surface area is 125 Å². The second-order valence-electron chi connectivity index (χ2n) is 3.62. The third-order valence-electron chi connectivity index (χ3n) is 2.34. The molecule has 0 saturated heterocycles. The number of benzene rings is 1. The van der Waals surface area contributed by atoms with Gasteiger partial charge in [0.05, 0.1) is 5.02 Å². The quantitative estimate of drug-likeness (QED) is 0.753. The molecule has 0 aliphatic heterocycles. The number of nitrogens with zero attached hydrogens (tertiary/aromatic N) is 3. The number of hydrogen-bond acceptors (Lipinski definition) is 6. The van der Waals surface area contributed by atoms with Gasteiger partial charge in [0.1, 0.15) is 5.69 Å². The van der Waals surface area contributed by atoms with E-state index in [4.69, 9.17) is 21.9 Å². The zero-order valence-corrected chi connectivity index (χ0v) is 12.5. The molecule has 2 N–H and O–H groups in total. The summed E-state index contributed by atoms with van der Waals surface area (Å²) in [4.78, 5) is 8.37. The van der Waals surface area contributed by atoms with Gasteiger partial charge in [-0.1, -0.05) is 16.8 Å². The van der Waals surface area contributed by atoms with Gasteiger partial charge in [-0.3, -0.25) is 0 Å². The van der Waals surface area contributed by atoms with Crippen LogP contribution in [0.25, 0.3) is 23.0 Å². The van der Waals surface area contributed by atoms with Crippen LogP contribution in [0.4, 0.5) is 5.13 Å². The van der Waals surface area contributed by atoms with E-state index in [1.807, 2.05) is 12.1 Å². The highest BCUT2D eigenvalue weighted by molar-refractivity contribution is 9.10. The molecule has 0 amide bonds. The van der Waals surface area contributed by atoms with Gasteiger partial charge in [0.25, 0.3) is 5.89 Å². The number of aromatic nitrogens is 3. The zero-order valence-electron chi connectivity index (χ0n) is 9.30. The number of hydrogen-bond donors (Lipinski definition) is 1. The number of anilines is 1. The molecule has 0 atom stereocenters. The molecule has 1 aromatic carbocycles. The third kappa shape index (κ3) is 2.49. The van der Waals surface area contributed by atoms with E-state index in [9.17, 15) is 0 Å². The molecule has 0 aliphatic carbocycles. The molecule has 3 rings (SSSR count). The first-order valence-electron chi connectivity index (χ1n) is 5.14. The van der Waals surface area contributed by atoms with Gasteiger partial charge >= 0.3 is 0 Å². The van der Waals surface area contributed by atoms with E-state index < -0.39 is 0 Å². The number of nitrogens with two attached hydrogens (primary N) is 1. The Balaban J connectivity index is 1.98. The smallest absolute Gasteiger partial charge is 0.277 e. The summed E-state index contributed by atoms with van der Waals surface area (Å²) >= 11 is 10.6.